The van der Waals surface area contributed by atoms with Crippen molar-refractivity contribution in [1.29, 1.82) is 0 Å². The second kappa shape index (κ2) is 6.17. The number of rotatable bonds is 6. The lowest BCUT2D eigenvalue weighted by atomic mass is 10.2. The van der Waals surface area contributed by atoms with Gasteiger partial charge < -0.3 is 20.7 Å². The van der Waals surface area contributed by atoms with Crippen LogP contribution in [0.25, 0.3) is 0 Å². The summed E-state index contributed by atoms with van der Waals surface area (Å²) < 4.78 is 5.02. The zero-order valence-corrected chi connectivity index (χ0v) is 11.1. The van der Waals surface area contributed by atoms with Crippen molar-refractivity contribution < 1.29 is 9.53 Å². The van der Waals surface area contributed by atoms with Crippen molar-refractivity contribution in [3.63, 3.8) is 0 Å². The molecule has 1 aliphatic heterocycles. The number of carbonyl (C=O) groups excluding carboxylic acids is 1. The Balaban J connectivity index is 1.98. The molecule has 1 aromatic heterocycles. The second-order valence-electron chi connectivity index (χ2n) is 4.18. The second-order valence-corrected chi connectivity index (χ2v) is 4.18. The fourth-order valence-electron chi connectivity index (χ4n) is 1.81. The molecule has 0 aliphatic carbocycles. The van der Waals surface area contributed by atoms with Crippen LogP contribution in [0, 0.1) is 0 Å². The lowest BCUT2D eigenvalue weighted by Gasteiger charge is -2.12. The Bertz CT molecular complexity index is 453. The monoisotopic (exact) mass is 266 g/mol. The summed E-state index contributed by atoms with van der Waals surface area (Å²) in [5.41, 5.74) is 0. The van der Waals surface area contributed by atoms with Crippen LogP contribution in [-0.4, -0.2) is 47.1 Å². The molecule has 1 aromatic rings. The molecule has 2 rings (SSSR count). The quantitative estimate of drug-likeness (QED) is 0.666. The number of hydrogen-bond acceptors (Lipinski definition) is 7. The highest BCUT2D eigenvalue weighted by atomic mass is 16.5. The van der Waals surface area contributed by atoms with Crippen LogP contribution >= 0.6 is 0 Å². The molecule has 0 saturated carbocycles. The van der Waals surface area contributed by atoms with Gasteiger partial charge in [0.05, 0.1) is 7.11 Å². The highest BCUT2D eigenvalue weighted by molar-refractivity contribution is 5.78. The maximum absolute atomic E-state index is 11.1. The Kier molecular flexibility index (Phi) is 4.32. The third-order valence-corrected chi connectivity index (χ3v) is 2.72. The third kappa shape index (κ3) is 3.67. The van der Waals surface area contributed by atoms with E-state index in [0.717, 1.165) is 6.42 Å². The number of nitrogens with one attached hydrogen (secondary N) is 3. The minimum Gasteiger partial charge on any atom is -0.467 e. The lowest BCUT2D eigenvalue weighted by Crippen LogP contribution is -2.32. The van der Waals surface area contributed by atoms with Gasteiger partial charge in [0.15, 0.2) is 0 Å². The van der Waals surface area contributed by atoms with Crippen LogP contribution in [0.3, 0.4) is 0 Å². The van der Waals surface area contributed by atoms with E-state index in [2.05, 4.69) is 30.9 Å². The molecule has 8 nitrogen and oxygen atoms in total. The SMILES string of the molecule is CCNc1nc(NCC2CCC(=O)N2)nc(OC)n1. The van der Waals surface area contributed by atoms with Gasteiger partial charge in [-0.15, -0.1) is 0 Å². The fourth-order valence-corrected chi connectivity index (χ4v) is 1.81. The zero-order chi connectivity index (χ0) is 13.7. The first kappa shape index (κ1) is 13.3. The van der Waals surface area contributed by atoms with Crippen LogP contribution in [0.4, 0.5) is 11.9 Å². The maximum atomic E-state index is 11.1. The topological polar surface area (TPSA) is 101 Å². The summed E-state index contributed by atoms with van der Waals surface area (Å²) in [5, 5.41) is 8.96. The van der Waals surface area contributed by atoms with Crippen molar-refractivity contribution in [2.75, 3.05) is 30.8 Å². The van der Waals surface area contributed by atoms with Gasteiger partial charge in [-0.3, -0.25) is 4.79 Å². The van der Waals surface area contributed by atoms with E-state index < -0.39 is 0 Å². The van der Waals surface area contributed by atoms with Gasteiger partial charge in [-0.1, -0.05) is 0 Å². The first-order valence-corrected chi connectivity index (χ1v) is 6.28. The molecule has 1 aliphatic rings. The van der Waals surface area contributed by atoms with Crippen molar-refractivity contribution >= 4 is 17.8 Å². The van der Waals surface area contributed by atoms with Gasteiger partial charge in [-0.25, -0.2) is 0 Å². The zero-order valence-electron chi connectivity index (χ0n) is 11.1. The molecular formula is C11H18N6O2. The average molecular weight is 266 g/mol. The van der Waals surface area contributed by atoms with E-state index in [-0.39, 0.29) is 18.0 Å². The lowest BCUT2D eigenvalue weighted by molar-refractivity contribution is -0.119. The first-order chi connectivity index (χ1) is 9.21. The van der Waals surface area contributed by atoms with E-state index in [4.69, 9.17) is 4.74 Å². The van der Waals surface area contributed by atoms with Gasteiger partial charge in [0, 0.05) is 25.6 Å². The normalized spacial score (nSPS) is 18.0. The summed E-state index contributed by atoms with van der Waals surface area (Å²) in [7, 11) is 1.51. The van der Waals surface area contributed by atoms with Gasteiger partial charge >= 0.3 is 6.01 Å². The highest BCUT2D eigenvalue weighted by Gasteiger charge is 2.20. The maximum Gasteiger partial charge on any atom is 0.322 e. The summed E-state index contributed by atoms with van der Waals surface area (Å²) in [4.78, 5) is 23.5. The molecule has 1 unspecified atom stereocenters. The number of anilines is 2. The van der Waals surface area contributed by atoms with Crippen molar-refractivity contribution in [3.05, 3.63) is 0 Å². The van der Waals surface area contributed by atoms with E-state index in [1.165, 1.54) is 7.11 Å². The number of ether oxygens (including phenoxy) is 1. The molecule has 19 heavy (non-hydrogen) atoms. The molecule has 104 valence electrons. The molecular weight excluding hydrogens is 248 g/mol. The summed E-state index contributed by atoms with van der Waals surface area (Å²) in [6.07, 6.45) is 1.41. The largest absolute Gasteiger partial charge is 0.467 e. The van der Waals surface area contributed by atoms with Crippen LogP contribution in [0.1, 0.15) is 19.8 Å². The summed E-state index contributed by atoms with van der Waals surface area (Å²) in [5.74, 6) is 0.990. The number of aromatic nitrogens is 3. The first-order valence-electron chi connectivity index (χ1n) is 6.28. The molecule has 1 amide bonds. The van der Waals surface area contributed by atoms with E-state index in [1.807, 2.05) is 6.92 Å². The Labute approximate surface area is 111 Å². The molecule has 0 bridgehead atoms. The van der Waals surface area contributed by atoms with Crippen molar-refractivity contribution in [3.8, 4) is 6.01 Å². The number of hydrogen-bond donors (Lipinski definition) is 3. The van der Waals surface area contributed by atoms with Gasteiger partial charge in [0.25, 0.3) is 0 Å². The molecule has 1 atom stereocenters. The Morgan fingerprint density at radius 1 is 1.32 bits per heavy atom. The molecule has 2 heterocycles. The molecule has 8 heteroatoms. The molecule has 1 saturated heterocycles. The van der Waals surface area contributed by atoms with E-state index in [1.54, 1.807) is 0 Å². The summed E-state index contributed by atoms with van der Waals surface area (Å²) in [6.45, 7) is 3.26. The predicted molar refractivity (Wildman–Crippen MR) is 70.2 cm³/mol. The Morgan fingerprint density at radius 2 is 2.05 bits per heavy atom. The van der Waals surface area contributed by atoms with E-state index in [0.29, 0.717) is 31.4 Å². The number of methoxy groups -OCH3 is 1. The van der Waals surface area contributed by atoms with E-state index in [9.17, 15) is 4.79 Å². The van der Waals surface area contributed by atoms with Crippen molar-refractivity contribution in [2.24, 2.45) is 0 Å². The van der Waals surface area contributed by atoms with Crippen molar-refractivity contribution in [1.82, 2.24) is 20.3 Å². The Morgan fingerprint density at radius 3 is 2.63 bits per heavy atom. The highest BCUT2D eigenvalue weighted by Crippen LogP contribution is 2.12. The average Bonchev–Trinajstić information content (AvgIpc) is 2.82. The predicted octanol–water partition coefficient (Wildman–Crippen LogP) is 0.00250. The van der Waals surface area contributed by atoms with Crippen LogP contribution in [0.15, 0.2) is 0 Å². The summed E-state index contributed by atoms with van der Waals surface area (Å²) >= 11 is 0. The minimum atomic E-state index is 0.0911. The fraction of sp³-hybridized carbons (Fsp3) is 0.636. The van der Waals surface area contributed by atoms with Gasteiger partial charge in [0.1, 0.15) is 0 Å². The van der Waals surface area contributed by atoms with Gasteiger partial charge in [0.2, 0.25) is 17.8 Å². The van der Waals surface area contributed by atoms with Gasteiger partial charge in [-0.2, -0.15) is 15.0 Å². The van der Waals surface area contributed by atoms with Crippen LogP contribution in [-0.2, 0) is 4.79 Å². The number of nitrogens with zero attached hydrogens (tertiary/aromatic N) is 3. The molecule has 0 spiro atoms. The Hall–Kier alpha value is -2.12. The smallest absolute Gasteiger partial charge is 0.322 e. The molecule has 0 aromatic carbocycles. The molecule has 1 fully saturated rings. The van der Waals surface area contributed by atoms with E-state index >= 15 is 0 Å². The molecule has 3 N–H and O–H groups in total. The minimum absolute atomic E-state index is 0.0911. The third-order valence-electron chi connectivity index (χ3n) is 2.72. The van der Waals surface area contributed by atoms with Crippen LogP contribution < -0.4 is 20.7 Å². The standard InChI is InChI=1S/C11H18N6O2/c1-3-12-9-15-10(17-11(16-9)19-2)13-6-7-4-5-8(18)14-7/h7H,3-6H2,1-2H3,(H,14,18)(H2,12,13,15,16,17). The number of amides is 1. The van der Waals surface area contributed by atoms with Gasteiger partial charge in [-0.05, 0) is 13.3 Å². The number of carbonyl (C=O) groups is 1. The van der Waals surface area contributed by atoms with Crippen LogP contribution in [0.2, 0.25) is 0 Å². The van der Waals surface area contributed by atoms with Crippen LogP contribution in [0.5, 0.6) is 6.01 Å². The summed E-state index contributed by atoms with van der Waals surface area (Å²) in [6, 6.07) is 0.377. The van der Waals surface area contributed by atoms with Crippen molar-refractivity contribution in [2.45, 2.75) is 25.8 Å². The molecule has 0 radical (unpaired) electrons.